The molecule has 0 radical (unpaired) electrons. The van der Waals surface area contributed by atoms with Crippen LogP contribution in [0.15, 0.2) is 62.6 Å². The lowest BCUT2D eigenvalue weighted by Gasteiger charge is -2.05. The highest BCUT2D eigenvalue weighted by Gasteiger charge is 2.06. The topological polar surface area (TPSA) is 57.8 Å². The number of fused-ring (bicyclic) bond motifs is 1. The van der Waals surface area contributed by atoms with E-state index in [0.29, 0.717) is 15.7 Å². The van der Waals surface area contributed by atoms with Gasteiger partial charge < -0.3 is 4.42 Å². The molecule has 0 aliphatic heterocycles. The van der Waals surface area contributed by atoms with E-state index in [1.807, 2.05) is 12.1 Å². The first-order valence-electron chi connectivity index (χ1n) is 6.09. The van der Waals surface area contributed by atoms with E-state index in [2.05, 4.69) is 26.4 Å². The number of halogens is 2. The minimum absolute atomic E-state index is 0.261. The molecule has 0 saturated heterocycles. The molecular weight excluding hydrogens is 339 g/mol. The van der Waals surface area contributed by atoms with Crippen molar-refractivity contribution in [3.63, 3.8) is 0 Å². The first kappa shape index (κ1) is 13.8. The molecule has 0 saturated carbocycles. The number of amidine groups is 1. The van der Waals surface area contributed by atoms with E-state index >= 15 is 0 Å². The molecule has 0 fully saturated rings. The third-order valence-corrected chi connectivity index (χ3v) is 3.58. The molecule has 2 aromatic carbocycles. The molecule has 0 bridgehead atoms. The van der Waals surface area contributed by atoms with Gasteiger partial charge in [-0.15, -0.1) is 0 Å². The Balaban J connectivity index is 2.03. The number of aliphatic imine (C=N–C) groups is 1. The summed E-state index contributed by atoms with van der Waals surface area (Å²) in [6, 6.07) is 11.6. The molecule has 21 heavy (non-hydrogen) atoms. The highest BCUT2D eigenvalue weighted by molar-refractivity contribution is 9.10. The smallest absolute Gasteiger partial charge is 0.157 e. The number of hydrogen-bond donors (Lipinski definition) is 2. The van der Waals surface area contributed by atoms with Crippen molar-refractivity contribution in [3.05, 3.63) is 64.6 Å². The Morgan fingerprint density at radius 2 is 2.05 bits per heavy atom. The summed E-state index contributed by atoms with van der Waals surface area (Å²) in [5, 5.41) is 10.2. The number of nitrogens with one attached hydrogen (secondary N) is 1. The fourth-order valence-electron chi connectivity index (χ4n) is 1.95. The quantitative estimate of drug-likeness (QED) is 0.410. The second-order valence-electron chi connectivity index (χ2n) is 4.34. The van der Waals surface area contributed by atoms with Crippen molar-refractivity contribution >= 4 is 38.4 Å². The van der Waals surface area contributed by atoms with Crippen molar-refractivity contribution in [1.82, 2.24) is 5.48 Å². The molecule has 4 nitrogen and oxygen atoms in total. The van der Waals surface area contributed by atoms with Crippen LogP contribution < -0.4 is 5.48 Å². The molecule has 3 aromatic rings. The van der Waals surface area contributed by atoms with E-state index < -0.39 is 0 Å². The molecule has 2 N–H and O–H groups in total. The zero-order valence-corrected chi connectivity index (χ0v) is 12.3. The van der Waals surface area contributed by atoms with E-state index in [1.54, 1.807) is 18.4 Å². The van der Waals surface area contributed by atoms with Gasteiger partial charge in [-0.3, -0.25) is 10.7 Å². The van der Waals surface area contributed by atoms with Gasteiger partial charge in [0.25, 0.3) is 0 Å². The summed E-state index contributed by atoms with van der Waals surface area (Å²) in [5.74, 6) is -0.108. The van der Waals surface area contributed by atoms with Crippen LogP contribution in [-0.2, 0) is 0 Å². The SMILES string of the molecule is ONC(=Nc1ccc(F)c(Br)c1)c1ccc2occc2c1. The van der Waals surface area contributed by atoms with Crippen LogP contribution in [0.5, 0.6) is 0 Å². The molecule has 106 valence electrons. The summed E-state index contributed by atoms with van der Waals surface area (Å²) in [4.78, 5) is 4.27. The molecule has 3 rings (SSSR count). The molecule has 1 aromatic heterocycles. The van der Waals surface area contributed by atoms with Gasteiger partial charge in [0.05, 0.1) is 16.4 Å². The number of rotatable bonds is 2. The molecule has 6 heteroatoms. The Hall–Kier alpha value is -2.18. The van der Waals surface area contributed by atoms with Gasteiger partial charge in [-0.2, -0.15) is 0 Å². The molecular formula is C15H10BrFN2O2. The van der Waals surface area contributed by atoms with Crippen LogP contribution in [0.3, 0.4) is 0 Å². The van der Waals surface area contributed by atoms with Crippen molar-refractivity contribution in [3.8, 4) is 0 Å². The number of nitrogens with zero attached hydrogens (tertiary/aromatic N) is 1. The van der Waals surface area contributed by atoms with Gasteiger partial charge >= 0.3 is 0 Å². The molecule has 0 aliphatic rings. The van der Waals surface area contributed by atoms with Crippen LogP contribution in [0.1, 0.15) is 5.56 Å². The molecule has 1 heterocycles. The Morgan fingerprint density at radius 1 is 1.19 bits per heavy atom. The lowest BCUT2D eigenvalue weighted by molar-refractivity contribution is 0.235. The number of hydrogen-bond acceptors (Lipinski definition) is 3. The van der Waals surface area contributed by atoms with Crippen LogP contribution in [0.4, 0.5) is 10.1 Å². The number of furan rings is 1. The summed E-state index contributed by atoms with van der Waals surface area (Å²) in [6.45, 7) is 0. The van der Waals surface area contributed by atoms with E-state index in [1.165, 1.54) is 18.2 Å². The van der Waals surface area contributed by atoms with Crippen LogP contribution in [0.2, 0.25) is 0 Å². The van der Waals surface area contributed by atoms with Crippen molar-refractivity contribution in [1.29, 1.82) is 0 Å². The maximum atomic E-state index is 13.2. The van der Waals surface area contributed by atoms with E-state index in [-0.39, 0.29) is 11.7 Å². The van der Waals surface area contributed by atoms with Gasteiger partial charge in [-0.1, -0.05) is 0 Å². The standard InChI is InChI=1S/C15H10BrFN2O2/c16-12-8-11(2-3-13(12)17)18-15(19-20)10-1-4-14-9(7-10)5-6-21-14/h1-8,20H,(H,18,19). The van der Waals surface area contributed by atoms with E-state index in [9.17, 15) is 9.60 Å². The first-order chi connectivity index (χ1) is 10.2. The van der Waals surface area contributed by atoms with Gasteiger partial charge in [0.15, 0.2) is 5.84 Å². The maximum Gasteiger partial charge on any atom is 0.157 e. The summed E-state index contributed by atoms with van der Waals surface area (Å²) >= 11 is 3.10. The largest absolute Gasteiger partial charge is 0.464 e. The average Bonchev–Trinajstić information content (AvgIpc) is 2.95. The second-order valence-corrected chi connectivity index (χ2v) is 5.20. The van der Waals surface area contributed by atoms with Gasteiger partial charge in [-0.25, -0.2) is 9.38 Å². The predicted molar refractivity (Wildman–Crippen MR) is 81.4 cm³/mol. The lowest BCUT2D eigenvalue weighted by Crippen LogP contribution is -2.19. The van der Waals surface area contributed by atoms with E-state index in [4.69, 9.17) is 4.42 Å². The fourth-order valence-corrected chi connectivity index (χ4v) is 2.32. The Bertz CT molecular complexity index is 829. The molecule has 0 atom stereocenters. The van der Waals surface area contributed by atoms with Crippen LogP contribution in [0, 0.1) is 5.82 Å². The third-order valence-electron chi connectivity index (χ3n) is 2.98. The number of hydroxylamine groups is 1. The van der Waals surface area contributed by atoms with Crippen LogP contribution in [0.25, 0.3) is 11.0 Å². The molecule has 0 spiro atoms. The Labute approximate surface area is 128 Å². The van der Waals surface area contributed by atoms with Gasteiger partial charge in [0.2, 0.25) is 0 Å². The molecule has 0 unspecified atom stereocenters. The normalized spacial score (nSPS) is 11.9. The van der Waals surface area contributed by atoms with Gasteiger partial charge in [0, 0.05) is 10.9 Å². The van der Waals surface area contributed by atoms with Crippen molar-refractivity contribution < 1.29 is 14.0 Å². The molecule has 0 aliphatic carbocycles. The molecule has 0 amide bonds. The van der Waals surface area contributed by atoms with E-state index in [0.717, 1.165) is 11.0 Å². The Kier molecular flexibility index (Phi) is 3.72. The van der Waals surface area contributed by atoms with Gasteiger partial charge in [0.1, 0.15) is 11.4 Å². The van der Waals surface area contributed by atoms with Crippen LogP contribution in [-0.4, -0.2) is 11.0 Å². The fraction of sp³-hybridized carbons (Fsp3) is 0. The summed E-state index contributed by atoms with van der Waals surface area (Å²) in [7, 11) is 0. The van der Waals surface area contributed by atoms with Gasteiger partial charge in [-0.05, 0) is 58.4 Å². The summed E-state index contributed by atoms with van der Waals surface area (Å²) in [5.41, 5.74) is 4.01. The Morgan fingerprint density at radius 3 is 2.81 bits per heavy atom. The zero-order chi connectivity index (χ0) is 14.8. The number of benzene rings is 2. The van der Waals surface area contributed by atoms with Crippen molar-refractivity contribution in [2.24, 2.45) is 4.99 Å². The lowest BCUT2D eigenvalue weighted by atomic mass is 10.1. The van der Waals surface area contributed by atoms with Crippen molar-refractivity contribution in [2.75, 3.05) is 0 Å². The monoisotopic (exact) mass is 348 g/mol. The maximum absolute atomic E-state index is 13.2. The highest BCUT2D eigenvalue weighted by atomic mass is 79.9. The highest BCUT2D eigenvalue weighted by Crippen LogP contribution is 2.23. The summed E-state index contributed by atoms with van der Waals surface area (Å²) in [6.07, 6.45) is 1.59. The first-order valence-corrected chi connectivity index (χ1v) is 6.88. The third kappa shape index (κ3) is 2.81. The predicted octanol–water partition coefficient (Wildman–Crippen LogP) is 4.39. The summed E-state index contributed by atoms with van der Waals surface area (Å²) < 4.78 is 18.8. The average molecular weight is 349 g/mol. The van der Waals surface area contributed by atoms with Crippen molar-refractivity contribution in [2.45, 2.75) is 0 Å². The van der Waals surface area contributed by atoms with Crippen LogP contribution >= 0.6 is 15.9 Å². The minimum atomic E-state index is -0.368. The minimum Gasteiger partial charge on any atom is -0.464 e. The second kappa shape index (κ2) is 5.67. The zero-order valence-electron chi connectivity index (χ0n) is 10.7.